The topological polar surface area (TPSA) is 54.5 Å². The first-order chi connectivity index (χ1) is 10.6. The molecule has 2 aromatic heterocycles. The van der Waals surface area contributed by atoms with Crippen molar-refractivity contribution < 1.29 is 9.21 Å². The van der Waals surface area contributed by atoms with Crippen molar-refractivity contribution in [1.82, 2.24) is 19.4 Å². The number of fused-ring (bicyclic) bond motifs is 1. The van der Waals surface area contributed by atoms with E-state index in [0.29, 0.717) is 18.8 Å². The summed E-state index contributed by atoms with van der Waals surface area (Å²) in [6.45, 7) is 4.90. The van der Waals surface area contributed by atoms with Gasteiger partial charge in [-0.15, -0.1) is 0 Å². The predicted molar refractivity (Wildman–Crippen MR) is 82.7 cm³/mol. The van der Waals surface area contributed by atoms with Gasteiger partial charge in [-0.2, -0.15) is 0 Å². The Kier molecular flexibility index (Phi) is 4.02. The molecule has 0 saturated heterocycles. The summed E-state index contributed by atoms with van der Waals surface area (Å²) in [5, 5.41) is 0. The van der Waals surface area contributed by atoms with Gasteiger partial charge >= 0.3 is 0 Å². The largest absolute Gasteiger partial charge is 0.459 e. The van der Waals surface area contributed by atoms with Gasteiger partial charge < -0.3 is 18.8 Å². The molecule has 3 rings (SSSR count). The molecular formula is C16H22N4O2. The Morgan fingerprint density at radius 1 is 1.36 bits per heavy atom. The summed E-state index contributed by atoms with van der Waals surface area (Å²) in [6.07, 6.45) is 4.29. The summed E-state index contributed by atoms with van der Waals surface area (Å²) in [7, 11) is 4.10. The first-order valence-electron chi connectivity index (χ1n) is 7.57. The average Bonchev–Trinajstić information content (AvgIpc) is 2.98. The molecule has 22 heavy (non-hydrogen) atoms. The van der Waals surface area contributed by atoms with Crippen molar-refractivity contribution in [1.29, 1.82) is 0 Å². The molecule has 0 aromatic carbocycles. The van der Waals surface area contributed by atoms with E-state index in [0.717, 1.165) is 30.9 Å². The maximum absolute atomic E-state index is 12.6. The highest BCUT2D eigenvalue weighted by molar-refractivity contribution is 5.92. The molecule has 0 atom stereocenters. The van der Waals surface area contributed by atoms with E-state index >= 15 is 0 Å². The number of amides is 1. The lowest BCUT2D eigenvalue weighted by Gasteiger charge is -2.19. The number of imidazole rings is 1. The van der Waals surface area contributed by atoms with Crippen LogP contribution in [0.25, 0.3) is 0 Å². The number of hydrogen-bond acceptors (Lipinski definition) is 4. The van der Waals surface area contributed by atoms with Crippen molar-refractivity contribution in [2.45, 2.75) is 26.4 Å². The number of hydrogen-bond donors (Lipinski definition) is 0. The van der Waals surface area contributed by atoms with Crippen LogP contribution in [0.4, 0.5) is 0 Å². The Labute approximate surface area is 130 Å². The Bertz CT molecular complexity index is 671. The van der Waals surface area contributed by atoms with Crippen molar-refractivity contribution in [3.63, 3.8) is 0 Å². The first-order valence-corrected chi connectivity index (χ1v) is 7.57. The van der Waals surface area contributed by atoms with E-state index in [1.807, 2.05) is 38.2 Å². The van der Waals surface area contributed by atoms with E-state index in [1.54, 1.807) is 6.26 Å². The Hall–Kier alpha value is -2.08. The fourth-order valence-corrected chi connectivity index (χ4v) is 2.88. The molecule has 0 saturated carbocycles. The van der Waals surface area contributed by atoms with Gasteiger partial charge in [-0.3, -0.25) is 4.79 Å². The van der Waals surface area contributed by atoms with Crippen LogP contribution in [0.1, 0.15) is 27.6 Å². The third-order valence-electron chi connectivity index (χ3n) is 4.04. The van der Waals surface area contributed by atoms with Crippen LogP contribution in [0.15, 0.2) is 22.9 Å². The van der Waals surface area contributed by atoms with Crippen molar-refractivity contribution in [3.8, 4) is 0 Å². The monoisotopic (exact) mass is 302 g/mol. The van der Waals surface area contributed by atoms with Crippen molar-refractivity contribution in [2.24, 2.45) is 0 Å². The molecule has 1 aliphatic heterocycles. The van der Waals surface area contributed by atoms with E-state index in [9.17, 15) is 4.79 Å². The molecule has 0 radical (unpaired) electrons. The van der Waals surface area contributed by atoms with Crippen molar-refractivity contribution in [3.05, 3.63) is 41.4 Å². The smallest absolute Gasteiger partial charge is 0.289 e. The number of aryl methyl sites for hydroxylation is 1. The van der Waals surface area contributed by atoms with Gasteiger partial charge in [0.1, 0.15) is 5.82 Å². The van der Waals surface area contributed by atoms with Crippen LogP contribution in [0.3, 0.4) is 0 Å². The summed E-state index contributed by atoms with van der Waals surface area (Å²) >= 11 is 0. The zero-order valence-corrected chi connectivity index (χ0v) is 13.4. The number of aromatic nitrogens is 2. The lowest BCUT2D eigenvalue weighted by atomic mass is 10.2. The number of nitrogens with zero attached hydrogens (tertiary/aromatic N) is 4. The van der Waals surface area contributed by atoms with Crippen LogP contribution in [0.2, 0.25) is 0 Å². The molecule has 2 aromatic rings. The SMILES string of the molecule is Cc1ccoc1C(=O)N1CCc2ncc(CN(C)C)n2CC1. The molecule has 118 valence electrons. The number of rotatable bonds is 3. The van der Waals surface area contributed by atoms with E-state index in [-0.39, 0.29) is 5.91 Å². The zero-order chi connectivity index (χ0) is 15.7. The molecule has 0 aliphatic carbocycles. The fraction of sp³-hybridized carbons (Fsp3) is 0.500. The highest BCUT2D eigenvalue weighted by Gasteiger charge is 2.24. The van der Waals surface area contributed by atoms with Gasteiger partial charge in [0.15, 0.2) is 5.76 Å². The highest BCUT2D eigenvalue weighted by atomic mass is 16.3. The normalized spacial score (nSPS) is 15.0. The molecule has 3 heterocycles. The molecule has 0 N–H and O–H groups in total. The number of carbonyl (C=O) groups is 1. The quantitative estimate of drug-likeness (QED) is 0.863. The Morgan fingerprint density at radius 2 is 2.18 bits per heavy atom. The highest BCUT2D eigenvalue weighted by Crippen LogP contribution is 2.17. The number of carbonyl (C=O) groups excluding carboxylic acids is 1. The van der Waals surface area contributed by atoms with E-state index < -0.39 is 0 Å². The zero-order valence-electron chi connectivity index (χ0n) is 13.4. The Balaban J connectivity index is 1.75. The summed E-state index contributed by atoms with van der Waals surface area (Å²) < 4.78 is 7.57. The minimum Gasteiger partial charge on any atom is -0.459 e. The molecule has 0 spiro atoms. The minimum absolute atomic E-state index is 0.0255. The van der Waals surface area contributed by atoms with Gasteiger partial charge in [0.05, 0.1) is 12.0 Å². The molecule has 6 nitrogen and oxygen atoms in total. The Morgan fingerprint density at radius 3 is 2.86 bits per heavy atom. The van der Waals surface area contributed by atoms with Gasteiger partial charge in [0, 0.05) is 44.4 Å². The van der Waals surface area contributed by atoms with E-state index in [4.69, 9.17) is 4.42 Å². The molecule has 0 unspecified atom stereocenters. The number of furan rings is 1. The van der Waals surface area contributed by atoms with Gasteiger partial charge in [-0.05, 0) is 27.1 Å². The maximum Gasteiger partial charge on any atom is 0.289 e. The molecule has 1 amide bonds. The van der Waals surface area contributed by atoms with Gasteiger partial charge in [-0.25, -0.2) is 4.98 Å². The van der Waals surface area contributed by atoms with Crippen molar-refractivity contribution >= 4 is 5.91 Å². The maximum atomic E-state index is 12.6. The summed E-state index contributed by atoms with van der Waals surface area (Å²) in [4.78, 5) is 21.1. The van der Waals surface area contributed by atoms with Crippen LogP contribution in [-0.4, -0.2) is 52.4 Å². The lowest BCUT2D eigenvalue weighted by molar-refractivity contribution is 0.0725. The van der Waals surface area contributed by atoms with Gasteiger partial charge in [0.2, 0.25) is 0 Å². The van der Waals surface area contributed by atoms with Crippen LogP contribution >= 0.6 is 0 Å². The van der Waals surface area contributed by atoms with Crippen molar-refractivity contribution in [2.75, 3.05) is 27.2 Å². The standard InChI is InChI=1S/C16H22N4O2/c1-12-5-9-22-15(12)16(21)19-6-4-14-17-10-13(11-18(2)3)20(14)8-7-19/h5,9-10H,4,6-8,11H2,1-3H3. The summed E-state index contributed by atoms with van der Waals surface area (Å²) in [5.74, 6) is 1.48. The lowest BCUT2D eigenvalue weighted by Crippen LogP contribution is -2.34. The van der Waals surface area contributed by atoms with E-state index in [2.05, 4.69) is 14.5 Å². The van der Waals surface area contributed by atoms with Crippen LogP contribution < -0.4 is 0 Å². The molecule has 0 fully saturated rings. The summed E-state index contributed by atoms with van der Waals surface area (Å²) in [6, 6.07) is 1.82. The third kappa shape index (κ3) is 2.78. The van der Waals surface area contributed by atoms with Gasteiger partial charge in [-0.1, -0.05) is 0 Å². The molecule has 6 heteroatoms. The second-order valence-electron chi connectivity index (χ2n) is 6.03. The third-order valence-corrected chi connectivity index (χ3v) is 4.04. The molecule has 0 bridgehead atoms. The molecule has 1 aliphatic rings. The summed E-state index contributed by atoms with van der Waals surface area (Å²) in [5.41, 5.74) is 2.09. The van der Waals surface area contributed by atoms with E-state index in [1.165, 1.54) is 5.69 Å². The van der Waals surface area contributed by atoms with Crippen LogP contribution in [0, 0.1) is 6.92 Å². The van der Waals surface area contributed by atoms with Gasteiger partial charge in [0.25, 0.3) is 5.91 Å². The first kappa shape index (κ1) is 14.8. The second kappa shape index (κ2) is 5.96. The van der Waals surface area contributed by atoms with Crippen LogP contribution in [-0.2, 0) is 19.5 Å². The predicted octanol–water partition coefficient (Wildman–Crippen LogP) is 1.54. The fourth-order valence-electron chi connectivity index (χ4n) is 2.88. The van der Waals surface area contributed by atoms with Crippen LogP contribution in [0.5, 0.6) is 0 Å². The second-order valence-corrected chi connectivity index (χ2v) is 6.03. The average molecular weight is 302 g/mol. The minimum atomic E-state index is -0.0255. The molecular weight excluding hydrogens is 280 g/mol.